The molecule has 0 radical (unpaired) electrons. The van der Waals surface area contributed by atoms with Crippen molar-refractivity contribution in [3.05, 3.63) is 0 Å². The molecule has 0 aromatic carbocycles. The van der Waals surface area contributed by atoms with Gasteiger partial charge in [-0.25, -0.2) is 4.79 Å². The Labute approximate surface area is 116 Å². The lowest BCUT2D eigenvalue weighted by atomic mass is 9.84. The number of nitrogens with one attached hydrogen (secondary N) is 2. The quantitative estimate of drug-likeness (QED) is 0.732. The van der Waals surface area contributed by atoms with Crippen molar-refractivity contribution < 1.29 is 4.79 Å². The molecule has 0 saturated heterocycles. The zero-order valence-corrected chi connectivity index (χ0v) is 12.0. The summed E-state index contributed by atoms with van der Waals surface area (Å²) in [6, 6.07) is 0.523. The van der Waals surface area contributed by atoms with Crippen LogP contribution in [0.25, 0.3) is 0 Å². The lowest BCUT2D eigenvalue weighted by molar-refractivity contribution is 0.215. The third kappa shape index (κ3) is 4.68. The van der Waals surface area contributed by atoms with Crippen molar-refractivity contribution >= 4 is 6.03 Å². The summed E-state index contributed by atoms with van der Waals surface area (Å²) in [6.07, 6.45) is 12.4. The van der Waals surface area contributed by atoms with E-state index in [1.54, 1.807) is 0 Å². The Balaban J connectivity index is 1.74. The van der Waals surface area contributed by atoms with Gasteiger partial charge < -0.3 is 16.4 Å². The second-order valence-electron chi connectivity index (χ2n) is 6.19. The number of hydrogen-bond donors (Lipinski definition) is 3. The van der Waals surface area contributed by atoms with Crippen molar-refractivity contribution in [1.82, 2.24) is 10.6 Å². The molecule has 4 heteroatoms. The standard InChI is InChI=1S/C15H29N3O/c16-11-14(12-7-3-1-4-8-12)18-15(19)17-13-9-5-2-6-10-13/h12-14H,1-11,16H2,(H2,17,18,19). The first-order valence-electron chi connectivity index (χ1n) is 8.06. The van der Waals surface area contributed by atoms with Crippen molar-refractivity contribution in [1.29, 1.82) is 0 Å². The molecule has 2 amide bonds. The first-order chi connectivity index (χ1) is 9.29. The summed E-state index contributed by atoms with van der Waals surface area (Å²) < 4.78 is 0. The number of hydrogen-bond acceptors (Lipinski definition) is 2. The predicted molar refractivity (Wildman–Crippen MR) is 78.0 cm³/mol. The first-order valence-corrected chi connectivity index (χ1v) is 8.06. The Morgan fingerprint density at radius 1 is 1.00 bits per heavy atom. The van der Waals surface area contributed by atoms with E-state index in [1.165, 1.54) is 51.4 Å². The Morgan fingerprint density at radius 2 is 1.58 bits per heavy atom. The van der Waals surface area contributed by atoms with Crippen LogP contribution >= 0.6 is 0 Å². The Kier molecular flexibility index (Phi) is 5.95. The monoisotopic (exact) mass is 267 g/mol. The molecule has 2 aliphatic rings. The van der Waals surface area contributed by atoms with Gasteiger partial charge in [0.2, 0.25) is 0 Å². The SMILES string of the molecule is NCC(NC(=O)NC1CCCCC1)C1CCCCC1. The highest BCUT2D eigenvalue weighted by atomic mass is 16.2. The molecule has 110 valence electrons. The van der Waals surface area contributed by atoms with Gasteiger partial charge in [0.05, 0.1) is 0 Å². The molecule has 1 unspecified atom stereocenters. The predicted octanol–water partition coefficient (Wildman–Crippen LogP) is 2.53. The lowest BCUT2D eigenvalue weighted by Gasteiger charge is -2.31. The molecule has 2 fully saturated rings. The maximum absolute atomic E-state index is 12.0. The van der Waals surface area contributed by atoms with Crippen LogP contribution < -0.4 is 16.4 Å². The second kappa shape index (κ2) is 7.73. The van der Waals surface area contributed by atoms with Crippen LogP contribution in [0.15, 0.2) is 0 Å². The van der Waals surface area contributed by atoms with E-state index >= 15 is 0 Å². The third-order valence-corrected chi connectivity index (χ3v) is 4.73. The molecule has 0 heterocycles. The number of urea groups is 1. The van der Waals surface area contributed by atoms with E-state index < -0.39 is 0 Å². The van der Waals surface area contributed by atoms with Crippen molar-refractivity contribution in [3.63, 3.8) is 0 Å². The molecule has 0 spiro atoms. The molecule has 4 nitrogen and oxygen atoms in total. The molecular weight excluding hydrogens is 238 g/mol. The summed E-state index contributed by atoms with van der Waals surface area (Å²) in [5, 5.41) is 6.23. The highest BCUT2D eigenvalue weighted by Crippen LogP contribution is 2.26. The van der Waals surface area contributed by atoms with E-state index in [4.69, 9.17) is 5.73 Å². The Morgan fingerprint density at radius 3 is 2.16 bits per heavy atom. The van der Waals surface area contributed by atoms with Gasteiger partial charge in [-0.15, -0.1) is 0 Å². The zero-order chi connectivity index (χ0) is 13.5. The summed E-state index contributed by atoms with van der Waals surface area (Å²) in [5.41, 5.74) is 5.84. The normalized spacial score (nSPS) is 23.8. The van der Waals surface area contributed by atoms with E-state index in [0.717, 1.165) is 12.8 Å². The van der Waals surface area contributed by atoms with Crippen LogP contribution in [0.4, 0.5) is 4.79 Å². The second-order valence-corrected chi connectivity index (χ2v) is 6.19. The number of rotatable bonds is 4. The van der Waals surface area contributed by atoms with Crippen LogP contribution in [0.1, 0.15) is 64.2 Å². The summed E-state index contributed by atoms with van der Waals surface area (Å²) in [5.74, 6) is 0.579. The van der Waals surface area contributed by atoms with Gasteiger partial charge in [-0.2, -0.15) is 0 Å². The fourth-order valence-electron chi connectivity index (χ4n) is 3.55. The fraction of sp³-hybridized carbons (Fsp3) is 0.933. The molecule has 4 N–H and O–H groups in total. The summed E-state index contributed by atoms with van der Waals surface area (Å²) in [7, 11) is 0. The lowest BCUT2D eigenvalue weighted by Crippen LogP contribution is -2.52. The topological polar surface area (TPSA) is 67.1 Å². The minimum absolute atomic E-state index is 0.00655. The highest BCUT2D eigenvalue weighted by Gasteiger charge is 2.24. The molecule has 19 heavy (non-hydrogen) atoms. The maximum Gasteiger partial charge on any atom is 0.315 e. The van der Waals surface area contributed by atoms with Gasteiger partial charge >= 0.3 is 6.03 Å². The van der Waals surface area contributed by atoms with E-state index in [1.807, 2.05) is 0 Å². The van der Waals surface area contributed by atoms with Gasteiger partial charge in [0.1, 0.15) is 0 Å². The van der Waals surface area contributed by atoms with Crippen LogP contribution in [-0.2, 0) is 0 Å². The number of carbonyl (C=O) groups is 1. The minimum Gasteiger partial charge on any atom is -0.335 e. The van der Waals surface area contributed by atoms with Crippen molar-refractivity contribution in [2.24, 2.45) is 11.7 Å². The molecule has 1 atom stereocenters. The molecule has 2 rings (SSSR count). The van der Waals surface area contributed by atoms with Gasteiger partial charge in [0, 0.05) is 18.6 Å². The zero-order valence-electron chi connectivity index (χ0n) is 12.0. The first kappa shape index (κ1) is 14.6. The fourth-order valence-corrected chi connectivity index (χ4v) is 3.55. The van der Waals surface area contributed by atoms with Crippen LogP contribution in [0.2, 0.25) is 0 Å². The minimum atomic E-state index is -0.00655. The molecule has 0 aromatic heterocycles. The van der Waals surface area contributed by atoms with Crippen molar-refractivity contribution in [3.8, 4) is 0 Å². The molecule has 0 bridgehead atoms. The van der Waals surface area contributed by atoms with Crippen LogP contribution in [0, 0.1) is 5.92 Å². The average Bonchev–Trinajstić information content (AvgIpc) is 2.47. The summed E-state index contributed by atoms with van der Waals surface area (Å²) in [6.45, 7) is 0.558. The highest BCUT2D eigenvalue weighted by molar-refractivity contribution is 5.74. The van der Waals surface area contributed by atoms with E-state index in [0.29, 0.717) is 18.5 Å². The van der Waals surface area contributed by atoms with Gasteiger partial charge in [0.25, 0.3) is 0 Å². The molecule has 2 saturated carbocycles. The van der Waals surface area contributed by atoms with Gasteiger partial charge in [-0.1, -0.05) is 38.5 Å². The van der Waals surface area contributed by atoms with Crippen LogP contribution in [0.3, 0.4) is 0 Å². The molecule has 2 aliphatic carbocycles. The third-order valence-electron chi connectivity index (χ3n) is 4.73. The Hall–Kier alpha value is -0.770. The largest absolute Gasteiger partial charge is 0.335 e. The van der Waals surface area contributed by atoms with Crippen molar-refractivity contribution in [2.45, 2.75) is 76.3 Å². The number of carbonyl (C=O) groups excluding carboxylic acids is 1. The Bertz CT molecular complexity index is 271. The summed E-state index contributed by atoms with van der Waals surface area (Å²) in [4.78, 5) is 12.0. The van der Waals surface area contributed by atoms with E-state index in [2.05, 4.69) is 10.6 Å². The molecular formula is C15H29N3O. The number of nitrogens with two attached hydrogens (primary N) is 1. The van der Waals surface area contributed by atoms with Crippen LogP contribution in [0.5, 0.6) is 0 Å². The van der Waals surface area contributed by atoms with Gasteiger partial charge in [-0.05, 0) is 31.6 Å². The van der Waals surface area contributed by atoms with E-state index in [-0.39, 0.29) is 12.1 Å². The van der Waals surface area contributed by atoms with Crippen molar-refractivity contribution in [2.75, 3.05) is 6.54 Å². The smallest absolute Gasteiger partial charge is 0.315 e. The van der Waals surface area contributed by atoms with Crippen LogP contribution in [-0.4, -0.2) is 24.7 Å². The molecule has 0 aromatic rings. The van der Waals surface area contributed by atoms with Gasteiger partial charge in [-0.3, -0.25) is 0 Å². The van der Waals surface area contributed by atoms with Gasteiger partial charge in [0.15, 0.2) is 0 Å². The number of amides is 2. The average molecular weight is 267 g/mol. The molecule has 0 aliphatic heterocycles. The summed E-state index contributed by atoms with van der Waals surface area (Å²) >= 11 is 0. The maximum atomic E-state index is 12.0. The van der Waals surface area contributed by atoms with E-state index in [9.17, 15) is 4.79 Å².